The van der Waals surface area contributed by atoms with E-state index in [2.05, 4.69) is 11.5 Å². The number of allylic oxidation sites excluding steroid dienone is 2. The van der Waals surface area contributed by atoms with Crippen LogP contribution >= 0.6 is 0 Å². The molecule has 0 aliphatic carbocycles. The number of carboxylic acids is 1. The third-order valence-corrected chi connectivity index (χ3v) is 2.91. The van der Waals surface area contributed by atoms with E-state index in [4.69, 9.17) is 9.84 Å². The van der Waals surface area contributed by atoms with Crippen LogP contribution in [0.1, 0.15) is 20.8 Å². The van der Waals surface area contributed by atoms with E-state index >= 15 is 0 Å². The third kappa shape index (κ3) is 11.7. The number of aliphatic hydroxyl groups is 1. The number of rotatable bonds is 10. The summed E-state index contributed by atoms with van der Waals surface area (Å²) in [6.45, 7) is 11.2. The summed E-state index contributed by atoms with van der Waals surface area (Å²) >= 11 is 0. The summed E-state index contributed by atoms with van der Waals surface area (Å²) in [4.78, 5) is 14.4. The van der Waals surface area contributed by atoms with Crippen LogP contribution in [0.25, 0.3) is 0 Å². The van der Waals surface area contributed by atoms with E-state index in [0.29, 0.717) is 13.1 Å². The fourth-order valence-electron chi connectivity index (χ4n) is 1.50. The first kappa shape index (κ1) is 21.5. The van der Waals surface area contributed by atoms with Crippen LogP contribution in [0.5, 0.6) is 0 Å². The lowest BCUT2D eigenvalue weighted by Gasteiger charge is -2.30. The molecule has 0 spiro atoms. The second kappa shape index (κ2) is 10.3. The van der Waals surface area contributed by atoms with Gasteiger partial charge >= 0.3 is 5.97 Å². The summed E-state index contributed by atoms with van der Waals surface area (Å²) in [7, 11) is 3.77. The van der Waals surface area contributed by atoms with Crippen LogP contribution < -0.4 is 0 Å². The van der Waals surface area contributed by atoms with E-state index in [9.17, 15) is 9.90 Å². The van der Waals surface area contributed by atoms with Gasteiger partial charge < -0.3 is 19.8 Å². The average Bonchev–Trinajstić information content (AvgIpc) is 2.41. The van der Waals surface area contributed by atoms with Crippen LogP contribution in [-0.4, -0.2) is 71.7 Å². The predicted octanol–water partition coefficient (Wildman–Crippen LogP) is 1.69. The summed E-state index contributed by atoms with van der Waals surface area (Å²) in [5.41, 5.74) is -0.341. The number of hydrogen-bond donors (Lipinski definition) is 2. The highest BCUT2D eigenvalue weighted by atomic mass is 16.6. The number of carboxylic acid groups (broad SMARTS) is 1. The van der Waals surface area contributed by atoms with Crippen molar-refractivity contribution < 1.29 is 19.7 Å². The van der Waals surface area contributed by atoms with Crippen molar-refractivity contribution in [3.05, 3.63) is 36.5 Å². The van der Waals surface area contributed by atoms with E-state index in [1.54, 1.807) is 24.1 Å². The molecule has 0 heterocycles. The highest BCUT2D eigenvalue weighted by Gasteiger charge is 2.19. The minimum Gasteiger partial charge on any atom is -0.478 e. The van der Waals surface area contributed by atoms with Gasteiger partial charge in [0.15, 0.2) is 0 Å². The molecule has 0 aromatic heterocycles. The fourth-order valence-corrected chi connectivity index (χ4v) is 1.50. The number of ether oxygens (including phenoxy) is 1. The summed E-state index contributed by atoms with van der Waals surface area (Å²) in [5, 5.41) is 18.6. The number of aliphatic carboxylic acids is 1. The van der Waals surface area contributed by atoms with Crippen molar-refractivity contribution in [2.75, 3.05) is 33.7 Å². The maximum absolute atomic E-state index is 10.5. The number of aliphatic hydroxyl groups excluding tert-OH is 1. The first-order valence-electron chi connectivity index (χ1n) is 7.53. The van der Waals surface area contributed by atoms with Crippen LogP contribution in [0.2, 0.25) is 0 Å². The maximum atomic E-state index is 10.5. The molecule has 0 radical (unpaired) electrons. The van der Waals surface area contributed by atoms with Crippen molar-refractivity contribution in [1.29, 1.82) is 0 Å². The lowest BCUT2D eigenvalue weighted by Crippen LogP contribution is -2.42. The third-order valence-electron chi connectivity index (χ3n) is 2.91. The van der Waals surface area contributed by atoms with Crippen LogP contribution in [-0.2, 0) is 9.53 Å². The lowest BCUT2D eigenvalue weighted by molar-refractivity contribution is -0.232. The molecule has 23 heavy (non-hydrogen) atoms. The molecule has 2 N–H and O–H groups in total. The molecule has 132 valence electrons. The molecule has 0 unspecified atom stereocenters. The van der Waals surface area contributed by atoms with Gasteiger partial charge in [0.25, 0.3) is 0 Å². The first-order chi connectivity index (χ1) is 10.5. The second-order valence-corrected chi connectivity index (χ2v) is 6.42. The quantitative estimate of drug-likeness (QED) is 0.362. The van der Waals surface area contributed by atoms with Gasteiger partial charge in [-0.15, -0.1) is 0 Å². The summed E-state index contributed by atoms with van der Waals surface area (Å²) in [5.74, 6) is -1.02. The predicted molar refractivity (Wildman–Crippen MR) is 92.0 cm³/mol. The minimum atomic E-state index is -1.02. The van der Waals surface area contributed by atoms with Gasteiger partial charge in [0.05, 0.1) is 11.2 Å². The zero-order chi connectivity index (χ0) is 18.0. The molecular weight excluding hydrogens is 296 g/mol. The van der Waals surface area contributed by atoms with Crippen molar-refractivity contribution in [3.63, 3.8) is 0 Å². The van der Waals surface area contributed by atoms with E-state index in [1.807, 2.05) is 33.9 Å². The monoisotopic (exact) mass is 326 g/mol. The average molecular weight is 326 g/mol. The molecule has 6 nitrogen and oxygen atoms in total. The van der Waals surface area contributed by atoms with Crippen LogP contribution in [0.4, 0.5) is 0 Å². The molecule has 0 aromatic carbocycles. The molecule has 0 aliphatic rings. The SMILES string of the molecule is C=C(/C=C\C=C\CN(C)CCN(C)[C@H](O)OC(C)(C)C)C(=O)O. The standard InChI is InChI=1S/C17H30N2O4/c1-14(15(20)21)10-8-7-9-11-18(5)12-13-19(6)16(22)23-17(2,3)4/h7-10,16,22H,1,11-13H2,2-6H3,(H,20,21)/b9-7+,10-8-/t16-/m1/s1. The summed E-state index contributed by atoms with van der Waals surface area (Å²) in [6, 6.07) is 0. The van der Waals surface area contributed by atoms with Crippen LogP contribution in [0.15, 0.2) is 36.5 Å². The number of nitrogens with zero attached hydrogens (tertiary/aromatic N) is 2. The smallest absolute Gasteiger partial charge is 0.335 e. The van der Waals surface area contributed by atoms with Gasteiger partial charge in [-0.25, -0.2) is 4.79 Å². The Labute approximate surface area is 139 Å². The Morgan fingerprint density at radius 3 is 2.39 bits per heavy atom. The molecule has 1 atom stereocenters. The minimum absolute atomic E-state index is 0.0532. The lowest BCUT2D eigenvalue weighted by atomic mass is 10.2. The molecule has 6 heteroatoms. The molecule has 0 rings (SSSR count). The van der Waals surface area contributed by atoms with Gasteiger partial charge in [-0.2, -0.15) is 0 Å². The Bertz CT molecular complexity index is 438. The first-order valence-corrected chi connectivity index (χ1v) is 7.53. The van der Waals surface area contributed by atoms with Crippen molar-refractivity contribution >= 4 is 5.97 Å². The van der Waals surface area contributed by atoms with Gasteiger partial charge in [-0.3, -0.25) is 4.90 Å². The van der Waals surface area contributed by atoms with Gasteiger partial charge in [0.1, 0.15) is 0 Å². The van der Waals surface area contributed by atoms with Crippen LogP contribution in [0.3, 0.4) is 0 Å². The maximum Gasteiger partial charge on any atom is 0.335 e. The highest BCUT2D eigenvalue weighted by Crippen LogP contribution is 2.11. The van der Waals surface area contributed by atoms with Gasteiger partial charge in [0, 0.05) is 19.6 Å². The van der Waals surface area contributed by atoms with E-state index in [0.717, 1.165) is 6.54 Å². The number of likely N-dealkylation sites (N-methyl/N-ethyl adjacent to an activating group) is 2. The molecule has 0 saturated heterocycles. The van der Waals surface area contributed by atoms with Crippen molar-refractivity contribution in [2.24, 2.45) is 0 Å². The van der Waals surface area contributed by atoms with E-state index in [1.165, 1.54) is 6.08 Å². The molecule has 0 amide bonds. The normalized spacial score (nSPS) is 14.3. The van der Waals surface area contributed by atoms with Crippen LogP contribution in [0, 0.1) is 0 Å². The Morgan fingerprint density at radius 2 is 1.87 bits per heavy atom. The van der Waals surface area contributed by atoms with Crippen molar-refractivity contribution in [2.45, 2.75) is 32.8 Å². The Balaban J connectivity index is 4.05. The highest BCUT2D eigenvalue weighted by molar-refractivity contribution is 5.88. The summed E-state index contributed by atoms with van der Waals surface area (Å²) < 4.78 is 5.47. The van der Waals surface area contributed by atoms with E-state index < -0.39 is 18.0 Å². The largest absolute Gasteiger partial charge is 0.478 e. The second-order valence-electron chi connectivity index (χ2n) is 6.42. The van der Waals surface area contributed by atoms with Crippen molar-refractivity contribution in [1.82, 2.24) is 9.80 Å². The zero-order valence-electron chi connectivity index (χ0n) is 14.8. The topological polar surface area (TPSA) is 73.2 Å². The van der Waals surface area contributed by atoms with Gasteiger partial charge in [-0.1, -0.05) is 24.8 Å². The molecular formula is C17H30N2O4. The van der Waals surface area contributed by atoms with Crippen molar-refractivity contribution in [3.8, 4) is 0 Å². The molecule has 0 aliphatic heterocycles. The Morgan fingerprint density at radius 1 is 1.26 bits per heavy atom. The Hall–Kier alpha value is -1.47. The molecule has 0 fully saturated rings. The Kier molecular flexibility index (Phi) is 9.67. The molecule has 0 aromatic rings. The molecule has 0 saturated carbocycles. The number of hydrogen-bond acceptors (Lipinski definition) is 5. The fraction of sp³-hybridized carbons (Fsp3) is 0.588. The number of carbonyl (C=O) groups is 1. The summed E-state index contributed by atoms with van der Waals surface area (Å²) in [6.07, 6.45) is 5.88. The zero-order valence-corrected chi connectivity index (χ0v) is 14.8. The van der Waals surface area contributed by atoms with Gasteiger partial charge in [0.2, 0.25) is 6.41 Å². The molecule has 0 bridgehead atoms. The van der Waals surface area contributed by atoms with E-state index in [-0.39, 0.29) is 5.57 Å². The van der Waals surface area contributed by atoms with Gasteiger partial charge in [-0.05, 0) is 40.9 Å².